The Morgan fingerprint density at radius 3 is 2.58 bits per heavy atom. The predicted octanol–water partition coefficient (Wildman–Crippen LogP) is 5.03. The summed E-state index contributed by atoms with van der Waals surface area (Å²) >= 11 is 3.66. The standard InChI is InChI=1S/C17H14BrN/c1-17(2)12-5-3-4-6-15(12)19-10-9-11-14(18)8-7-13(17)16(11)19/h3-10H,1-2H3. The van der Waals surface area contributed by atoms with Gasteiger partial charge in [-0.15, -0.1) is 0 Å². The van der Waals surface area contributed by atoms with Crippen LogP contribution in [0.5, 0.6) is 0 Å². The van der Waals surface area contributed by atoms with Gasteiger partial charge in [-0.1, -0.05) is 54.0 Å². The number of aromatic nitrogens is 1. The van der Waals surface area contributed by atoms with Gasteiger partial charge in [0.1, 0.15) is 0 Å². The van der Waals surface area contributed by atoms with Crippen LogP contribution in [0.15, 0.2) is 53.1 Å². The van der Waals surface area contributed by atoms with Crippen molar-refractivity contribution < 1.29 is 0 Å². The van der Waals surface area contributed by atoms with Crippen molar-refractivity contribution in [2.24, 2.45) is 0 Å². The lowest BCUT2D eigenvalue weighted by molar-refractivity contribution is 0.628. The lowest BCUT2D eigenvalue weighted by atomic mass is 9.75. The minimum atomic E-state index is 0.0455. The SMILES string of the molecule is CC1(C)c2ccccc2-n2ccc3c(Br)ccc1c32. The summed E-state index contributed by atoms with van der Waals surface area (Å²) in [5.41, 5.74) is 5.46. The first-order valence-electron chi connectivity index (χ1n) is 6.50. The fourth-order valence-electron chi connectivity index (χ4n) is 3.29. The highest BCUT2D eigenvalue weighted by Crippen LogP contribution is 2.45. The fraction of sp³-hybridized carbons (Fsp3) is 0.176. The van der Waals surface area contributed by atoms with E-state index < -0.39 is 0 Å². The molecule has 1 nitrogen and oxygen atoms in total. The number of hydrogen-bond acceptors (Lipinski definition) is 0. The molecule has 94 valence electrons. The summed E-state index contributed by atoms with van der Waals surface area (Å²) in [6.45, 7) is 4.62. The number of nitrogens with zero attached hydrogens (tertiary/aromatic N) is 1. The van der Waals surface area contributed by atoms with Crippen LogP contribution in [0.25, 0.3) is 16.6 Å². The van der Waals surface area contributed by atoms with Crippen molar-refractivity contribution in [3.05, 3.63) is 64.3 Å². The average molecular weight is 312 g/mol. The predicted molar refractivity (Wildman–Crippen MR) is 83.1 cm³/mol. The van der Waals surface area contributed by atoms with Crippen molar-refractivity contribution in [2.45, 2.75) is 19.3 Å². The summed E-state index contributed by atoms with van der Waals surface area (Å²) < 4.78 is 3.48. The van der Waals surface area contributed by atoms with Crippen molar-refractivity contribution in [1.82, 2.24) is 4.57 Å². The molecule has 1 aliphatic rings. The van der Waals surface area contributed by atoms with E-state index in [-0.39, 0.29) is 5.41 Å². The topological polar surface area (TPSA) is 4.93 Å². The summed E-state index contributed by atoms with van der Waals surface area (Å²) in [6, 6.07) is 15.3. The van der Waals surface area contributed by atoms with Gasteiger partial charge in [-0.2, -0.15) is 0 Å². The highest BCUT2D eigenvalue weighted by molar-refractivity contribution is 9.10. The Hall–Kier alpha value is -1.54. The van der Waals surface area contributed by atoms with Crippen LogP contribution in [-0.2, 0) is 5.41 Å². The molecule has 4 rings (SSSR count). The van der Waals surface area contributed by atoms with Crippen molar-refractivity contribution in [2.75, 3.05) is 0 Å². The summed E-state index contributed by atoms with van der Waals surface area (Å²) in [4.78, 5) is 0. The van der Waals surface area contributed by atoms with Crippen LogP contribution in [0, 0.1) is 0 Å². The smallest absolute Gasteiger partial charge is 0.0580 e. The first kappa shape index (κ1) is 11.3. The second kappa shape index (κ2) is 3.51. The zero-order valence-electron chi connectivity index (χ0n) is 10.9. The van der Waals surface area contributed by atoms with E-state index in [4.69, 9.17) is 0 Å². The monoisotopic (exact) mass is 311 g/mol. The molecule has 0 amide bonds. The summed E-state index contributed by atoms with van der Waals surface area (Å²) in [7, 11) is 0. The molecular weight excluding hydrogens is 298 g/mol. The Balaban J connectivity index is 2.27. The van der Waals surface area contributed by atoms with Crippen LogP contribution < -0.4 is 0 Å². The molecule has 0 saturated carbocycles. The lowest BCUT2D eigenvalue weighted by Crippen LogP contribution is -2.25. The first-order valence-corrected chi connectivity index (χ1v) is 7.30. The molecule has 2 heterocycles. The highest BCUT2D eigenvalue weighted by Gasteiger charge is 2.33. The van der Waals surface area contributed by atoms with Crippen LogP contribution in [-0.4, -0.2) is 4.57 Å². The molecular formula is C17H14BrN. The molecule has 0 atom stereocenters. The van der Waals surface area contributed by atoms with Gasteiger partial charge in [-0.25, -0.2) is 0 Å². The van der Waals surface area contributed by atoms with E-state index in [0.717, 1.165) is 0 Å². The van der Waals surface area contributed by atoms with E-state index >= 15 is 0 Å². The van der Waals surface area contributed by atoms with Gasteiger partial charge in [0.05, 0.1) is 5.52 Å². The molecule has 1 aromatic heterocycles. The number of para-hydroxylation sites is 1. The molecule has 0 radical (unpaired) electrons. The molecule has 2 aromatic carbocycles. The summed E-state index contributed by atoms with van der Waals surface area (Å²) in [6.07, 6.45) is 2.17. The van der Waals surface area contributed by atoms with Crippen LogP contribution in [0.1, 0.15) is 25.0 Å². The van der Waals surface area contributed by atoms with E-state index in [2.05, 4.69) is 83.0 Å². The van der Waals surface area contributed by atoms with Gasteiger partial charge in [0.15, 0.2) is 0 Å². The van der Waals surface area contributed by atoms with Crippen molar-refractivity contribution >= 4 is 26.8 Å². The summed E-state index contributed by atoms with van der Waals surface area (Å²) in [5.74, 6) is 0. The van der Waals surface area contributed by atoms with Crippen molar-refractivity contribution in [1.29, 1.82) is 0 Å². The zero-order valence-corrected chi connectivity index (χ0v) is 12.5. The second-order valence-electron chi connectivity index (χ2n) is 5.69. The van der Waals surface area contributed by atoms with Crippen molar-refractivity contribution in [3.63, 3.8) is 0 Å². The Kier molecular flexibility index (Phi) is 2.09. The molecule has 2 heteroatoms. The van der Waals surface area contributed by atoms with Gasteiger partial charge in [0.2, 0.25) is 0 Å². The van der Waals surface area contributed by atoms with Gasteiger partial charge in [0, 0.05) is 27.2 Å². The van der Waals surface area contributed by atoms with Gasteiger partial charge in [-0.3, -0.25) is 0 Å². The third-order valence-corrected chi connectivity index (χ3v) is 5.00. The minimum Gasteiger partial charge on any atom is -0.316 e. The minimum absolute atomic E-state index is 0.0455. The Labute approximate surface area is 121 Å². The van der Waals surface area contributed by atoms with Crippen LogP contribution in [0.3, 0.4) is 0 Å². The fourth-order valence-corrected chi connectivity index (χ4v) is 3.74. The van der Waals surface area contributed by atoms with Crippen LogP contribution >= 0.6 is 15.9 Å². The first-order chi connectivity index (χ1) is 9.10. The van der Waals surface area contributed by atoms with E-state index in [1.165, 1.54) is 32.2 Å². The number of hydrogen-bond donors (Lipinski definition) is 0. The molecule has 0 saturated heterocycles. The molecule has 0 fully saturated rings. The van der Waals surface area contributed by atoms with Gasteiger partial charge < -0.3 is 4.57 Å². The maximum atomic E-state index is 3.66. The molecule has 0 N–H and O–H groups in total. The molecule has 3 aromatic rings. The number of halogens is 1. The number of benzene rings is 2. The highest BCUT2D eigenvalue weighted by atomic mass is 79.9. The van der Waals surface area contributed by atoms with Crippen LogP contribution in [0.4, 0.5) is 0 Å². The lowest BCUT2D eigenvalue weighted by Gasteiger charge is -2.34. The molecule has 0 unspecified atom stereocenters. The third kappa shape index (κ3) is 1.30. The van der Waals surface area contributed by atoms with E-state index in [1.54, 1.807) is 0 Å². The Morgan fingerprint density at radius 2 is 1.74 bits per heavy atom. The van der Waals surface area contributed by atoms with Gasteiger partial charge in [-0.05, 0) is 29.3 Å². The summed E-state index contributed by atoms with van der Waals surface area (Å²) in [5, 5.41) is 1.29. The molecule has 1 aliphatic heterocycles. The molecule has 0 spiro atoms. The molecule has 0 bridgehead atoms. The van der Waals surface area contributed by atoms with E-state index in [1.807, 2.05) is 0 Å². The van der Waals surface area contributed by atoms with Gasteiger partial charge in [0.25, 0.3) is 0 Å². The third-order valence-electron chi connectivity index (χ3n) is 4.31. The maximum absolute atomic E-state index is 3.66. The second-order valence-corrected chi connectivity index (χ2v) is 6.54. The van der Waals surface area contributed by atoms with E-state index in [9.17, 15) is 0 Å². The average Bonchev–Trinajstić information content (AvgIpc) is 2.84. The number of rotatable bonds is 0. The quantitative estimate of drug-likeness (QED) is 0.548. The molecule has 19 heavy (non-hydrogen) atoms. The van der Waals surface area contributed by atoms with Gasteiger partial charge >= 0.3 is 0 Å². The van der Waals surface area contributed by atoms with Crippen molar-refractivity contribution in [3.8, 4) is 5.69 Å². The largest absolute Gasteiger partial charge is 0.316 e. The van der Waals surface area contributed by atoms with E-state index in [0.29, 0.717) is 0 Å². The zero-order chi connectivity index (χ0) is 13.2. The van der Waals surface area contributed by atoms with Crippen LogP contribution in [0.2, 0.25) is 0 Å². The Bertz CT molecular complexity index is 811. The molecule has 0 aliphatic carbocycles. The normalized spacial score (nSPS) is 15.5. The Morgan fingerprint density at radius 1 is 0.947 bits per heavy atom. The number of fused-ring (bicyclic) bond motifs is 2. The maximum Gasteiger partial charge on any atom is 0.0580 e.